The summed E-state index contributed by atoms with van der Waals surface area (Å²) in [6.07, 6.45) is 2.12. The van der Waals surface area contributed by atoms with Crippen LogP contribution in [0.5, 0.6) is 5.75 Å². The lowest BCUT2D eigenvalue weighted by Crippen LogP contribution is -2.29. The van der Waals surface area contributed by atoms with Gasteiger partial charge in [-0.1, -0.05) is 12.1 Å². The molecule has 0 amide bonds. The number of benzene rings is 2. The van der Waals surface area contributed by atoms with Gasteiger partial charge < -0.3 is 14.5 Å². The number of rotatable bonds is 9. The first-order chi connectivity index (χ1) is 17.1. The molecule has 1 N–H and O–H groups in total. The molecule has 1 aliphatic rings. The molecule has 0 unspecified atom stereocenters. The average molecular weight is 479 g/mol. The molecule has 0 radical (unpaired) electrons. The van der Waals surface area contributed by atoms with Crippen LogP contribution in [0.15, 0.2) is 53.3 Å². The molecule has 1 saturated heterocycles. The summed E-state index contributed by atoms with van der Waals surface area (Å²) in [6, 6.07) is 13.8. The molecular weight excluding hydrogens is 451 g/mol. The van der Waals surface area contributed by atoms with Crippen molar-refractivity contribution in [3.8, 4) is 5.75 Å². The van der Waals surface area contributed by atoms with Gasteiger partial charge >= 0.3 is 0 Å². The maximum atomic E-state index is 13.5. The highest BCUT2D eigenvalue weighted by atomic mass is 19.1. The minimum absolute atomic E-state index is 0.100. The van der Waals surface area contributed by atoms with E-state index in [0.29, 0.717) is 48.8 Å². The summed E-state index contributed by atoms with van der Waals surface area (Å²) in [5, 5.41) is 13.2. The fraction of sp³-hybridized carbons (Fsp3) is 0.360. The Morgan fingerprint density at radius 1 is 1.17 bits per heavy atom. The highest BCUT2D eigenvalue weighted by Gasteiger charge is 2.21. The van der Waals surface area contributed by atoms with E-state index >= 15 is 0 Å². The molecule has 182 valence electrons. The van der Waals surface area contributed by atoms with Gasteiger partial charge in [-0.05, 0) is 64.5 Å². The van der Waals surface area contributed by atoms with Crippen molar-refractivity contribution in [1.82, 2.24) is 30.1 Å². The second-order valence-corrected chi connectivity index (χ2v) is 8.76. The van der Waals surface area contributed by atoms with Gasteiger partial charge in [-0.2, -0.15) is 0 Å². The van der Waals surface area contributed by atoms with Crippen molar-refractivity contribution in [3.63, 3.8) is 0 Å². The smallest absolute Gasteiger partial charge is 0.252 e. The summed E-state index contributed by atoms with van der Waals surface area (Å²) in [6.45, 7) is 2.62. The lowest BCUT2D eigenvalue weighted by Gasteiger charge is -2.22. The van der Waals surface area contributed by atoms with Crippen LogP contribution >= 0.6 is 0 Å². The van der Waals surface area contributed by atoms with Crippen molar-refractivity contribution in [3.05, 3.63) is 81.7 Å². The molecule has 2 aromatic heterocycles. The first-order valence-electron chi connectivity index (χ1n) is 11.6. The van der Waals surface area contributed by atoms with E-state index in [0.717, 1.165) is 30.4 Å². The minimum atomic E-state index is -0.290. The van der Waals surface area contributed by atoms with Crippen molar-refractivity contribution < 1.29 is 13.9 Å². The number of pyridine rings is 1. The van der Waals surface area contributed by atoms with Crippen LogP contribution in [0.4, 0.5) is 4.39 Å². The van der Waals surface area contributed by atoms with Gasteiger partial charge in [-0.15, -0.1) is 5.10 Å². The number of hydrogen-bond donors (Lipinski definition) is 1. The zero-order valence-corrected chi connectivity index (χ0v) is 19.5. The number of nitrogens with zero attached hydrogens (tertiary/aromatic N) is 5. The van der Waals surface area contributed by atoms with E-state index < -0.39 is 0 Å². The van der Waals surface area contributed by atoms with Crippen molar-refractivity contribution in [2.24, 2.45) is 0 Å². The topological polar surface area (TPSA) is 98.2 Å². The summed E-state index contributed by atoms with van der Waals surface area (Å²) in [5.41, 5.74) is 2.08. The number of hydrogen-bond acceptors (Lipinski definition) is 7. The van der Waals surface area contributed by atoms with Gasteiger partial charge in [-0.25, -0.2) is 9.07 Å². The van der Waals surface area contributed by atoms with Gasteiger partial charge in [0.15, 0.2) is 5.82 Å². The van der Waals surface area contributed by atoms with E-state index in [9.17, 15) is 9.18 Å². The predicted molar refractivity (Wildman–Crippen MR) is 127 cm³/mol. The summed E-state index contributed by atoms with van der Waals surface area (Å²) in [5.74, 6) is 1.07. The molecule has 1 aliphatic heterocycles. The summed E-state index contributed by atoms with van der Waals surface area (Å²) < 4.78 is 26.2. The Morgan fingerprint density at radius 2 is 2.03 bits per heavy atom. The Bertz CT molecular complexity index is 1350. The molecule has 10 heteroatoms. The van der Waals surface area contributed by atoms with Gasteiger partial charge in [0.25, 0.3) is 5.56 Å². The normalized spacial score (nSPS) is 15.8. The van der Waals surface area contributed by atoms with Crippen LogP contribution in [0, 0.1) is 5.82 Å². The number of aromatic nitrogens is 5. The van der Waals surface area contributed by atoms with E-state index in [-0.39, 0.29) is 17.5 Å². The number of ether oxygens (including phenoxy) is 2. The molecule has 0 bridgehead atoms. The number of fused-ring (bicyclic) bond motifs is 1. The first kappa shape index (κ1) is 23.1. The van der Waals surface area contributed by atoms with Crippen molar-refractivity contribution in [2.45, 2.75) is 45.1 Å². The number of methoxy groups -OCH3 is 1. The Kier molecular flexibility index (Phi) is 6.82. The number of halogens is 1. The highest BCUT2D eigenvalue weighted by Crippen LogP contribution is 2.20. The van der Waals surface area contributed by atoms with E-state index in [4.69, 9.17) is 9.47 Å². The predicted octanol–water partition coefficient (Wildman–Crippen LogP) is 3.04. The minimum Gasteiger partial charge on any atom is -0.497 e. The van der Waals surface area contributed by atoms with E-state index in [1.54, 1.807) is 30.0 Å². The lowest BCUT2D eigenvalue weighted by molar-refractivity contribution is 0.0914. The molecule has 5 rings (SSSR count). The van der Waals surface area contributed by atoms with Crippen LogP contribution in [0.1, 0.15) is 29.8 Å². The van der Waals surface area contributed by atoms with Gasteiger partial charge in [0.1, 0.15) is 11.6 Å². The quantitative estimate of drug-likeness (QED) is 0.395. The Balaban J connectivity index is 1.42. The maximum Gasteiger partial charge on any atom is 0.252 e. The zero-order valence-electron chi connectivity index (χ0n) is 19.5. The second kappa shape index (κ2) is 10.3. The average Bonchev–Trinajstić information content (AvgIpc) is 3.53. The van der Waals surface area contributed by atoms with E-state index in [2.05, 4.69) is 25.4 Å². The van der Waals surface area contributed by atoms with Crippen LogP contribution in [-0.2, 0) is 30.9 Å². The standard InChI is InChI=1S/C25H27FN6O3/c1-34-21-9-6-18-11-19(25(33)27-23(18)12-21)14-31(13-17-4-7-20(26)8-5-17)16-24-28-29-30-32(24)15-22-3-2-10-35-22/h4-9,11-12,22H,2-3,10,13-16H2,1H3,(H,27,33)/t22-/m0/s1. The van der Waals surface area contributed by atoms with Gasteiger partial charge in [0.05, 0.1) is 31.8 Å². The van der Waals surface area contributed by atoms with Crippen molar-refractivity contribution >= 4 is 10.9 Å². The Hall–Kier alpha value is -3.63. The van der Waals surface area contributed by atoms with E-state index in [1.807, 2.05) is 18.2 Å². The molecule has 0 saturated carbocycles. The fourth-order valence-electron chi connectivity index (χ4n) is 4.39. The molecule has 1 atom stereocenters. The Labute approximate surface area is 201 Å². The number of nitrogens with one attached hydrogen (secondary N) is 1. The van der Waals surface area contributed by atoms with Crippen LogP contribution in [0.3, 0.4) is 0 Å². The first-order valence-corrected chi connectivity index (χ1v) is 11.6. The fourth-order valence-corrected chi connectivity index (χ4v) is 4.39. The number of tetrazole rings is 1. The van der Waals surface area contributed by atoms with Crippen LogP contribution in [0.25, 0.3) is 10.9 Å². The zero-order chi connectivity index (χ0) is 24.2. The Morgan fingerprint density at radius 3 is 2.80 bits per heavy atom. The van der Waals surface area contributed by atoms with Crippen molar-refractivity contribution in [2.75, 3.05) is 13.7 Å². The molecule has 35 heavy (non-hydrogen) atoms. The molecule has 0 aliphatic carbocycles. The van der Waals surface area contributed by atoms with Crippen LogP contribution in [-0.4, -0.2) is 49.9 Å². The SMILES string of the molecule is COc1ccc2cc(CN(Cc3ccc(F)cc3)Cc3nnnn3C[C@@H]3CCCO3)c(=O)[nH]c2c1. The molecular formula is C25H27FN6O3. The summed E-state index contributed by atoms with van der Waals surface area (Å²) >= 11 is 0. The number of H-pyrrole nitrogens is 1. The molecule has 0 spiro atoms. The third-order valence-corrected chi connectivity index (χ3v) is 6.22. The van der Waals surface area contributed by atoms with Gasteiger partial charge in [-0.3, -0.25) is 9.69 Å². The molecule has 2 aromatic carbocycles. The maximum absolute atomic E-state index is 13.5. The lowest BCUT2D eigenvalue weighted by atomic mass is 10.1. The summed E-state index contributed by atoms with van der Waals surface area (Å²) in [7, 11) is 1.59. The largest absolute Gasteiger partial charge is 0.497 e. The molecule has 1 fully saturated rings. The molecule has 9 nitrogen and oxygen atoms in total. The van der Waals surface area contributed by atoms with E-state index in [1.165, 1.54) is 12.1 Å². The molecule has 3 heterocycles. The monoisotopic (exact) mass is 478 g/mol. The highest BCUT2D eigenvalue weighted by molar-refractivity contribution is 5.80. The van der Waals surface area contributed by atoms with Crippen LogP contribution < -0.4 is 10.3 Å². The van der Waals surface area contributed by atoms with Gasteiger partial charge in [0.2, 0.25) is 0 Å². The number of aromatic amines is 1. The third-order valence-electron chi connectivity index (χ3n) is 6.22. The van der Waals surface area contributed by atoms with Crippen molar-refractivity contribution in [1.29, 1.82) is 0 Å². The summed E-state index contributed by atoms with van der Waals surface area (Å²) in [4.78, 5) is 18.0. The second-order valence-electron chi connectivity index (χ2n) is 8.76. The molecule has 4 aromatic rings. The van der Waals surface area contributed by atoms with Crippen LogP contribution in [0.2, 0.25) is 0 Å². The third kappa shape index (κ3) is 5.55. The van der Waals surface area contributed by atoms with Gasteiger partial charge in [0, 0.05) is 31.3 Å².